The summed E-state index contributed by atoms with van der Waals surface area (Å²) >= 11 is 0. The van der Waals surface area contributed by atoms with Gasteiger partial charge < -0.3 is 4.74 Å². The monoisotopic (exact) mass is 423 g/mol. The highest BCUT2D eigenvalue weighted by molar-refractivity contribution is 7.89. The molecule has 0 spiro atoms. The zero-order valence-electron chi connectivity index (χ0n) is 17.5. The normalized spacial score (nSPS) is 22.3. The molecule has 8 heteroatoms. The first-order chi connectivity index (χ1) is 13.9. The SMILES string of the molecule is CCC(CC)(C(=O)NN1CCOCC1)C1CCCN(S(=O)(=O)c2ccccc2)C1. The fourth-order valence-electron chi connectivity index (χ4n) is 4.62. The highest BCUT2D eigenvalue weighted by Gasteiger charge is 2.46. The van der Waals surface area contributed by atoms with Crippen molar-refractivity contribution >= 4 is 15.9 Å². The summed E-state index contributed by atoms with van der Waals surface area (Å²) in [6.07, 6.45) is 3.00. The minimum absolute atomic E-state index is 0.00774. The lowest BCUT2D eigenvalue weighted by Crippen LogP contribution is -2.57. The van der Waals surface area contributed by atoms with Crippen LogP contribution in [0.2, 0.25) is 0 Å². The van der Waals surface area contributed by atoms with Crippen LogP contribution < -0.4 is 5.43 Å². The molecule has 3 rings (SSSR count). The maximum atomic E-state index is 13.4. The molecule has 0 radical (unpaired) electrons. The number of nitrogens with one attached hydrogen (secondary N) is 1. The summed E-state index contributed by atoms with van der Waals surface area (Å²) in [5, 5.41) is 1.92. The van der Waals surface area contributed by atoms with Crippen LogP contribution in [0, 0.1) is 11.3 Å². The number of rotatable bonds is 7. The maximum absolute atomic E-state index is 13.4. The van der Waals surface area contributed by atoms with Gasteiger partial charge in [0.1, 0.15) is 0 Å². The van der Waals surface area contributed by atoms with E-state index in [1.807, 2.05) is 24.9 Å². The first kappa shape index (κ1) is 22.2. The molecule has 2 aliphatic rings. The molecular weight excluding hydrogens is 390 g/mol. The number of amides is 1. The Balaban J connectivity index is 1.79. The van der Waals surface area contributed by atoms with Crippen LogP contribution in [0.5, 0.6) is 0 Å². The second-order valence-electron chi connectivity index (χ2n) is 7.92. The Labute approximate surface area is 174 Å². The number of nitrogens with zero attached hydrogens (tertiary/aromatic N) is 2. The number of carbonyl (C=O) groups excluding carboxylic acids is 1. The van der Waals surface area contributed by atoms with Crippen molar-refractivity contribution in [3.8, 4) is 0 Å². The molecule has 1 N–H and O–H groups in total. The summed E-state index contributed by atoms with van der Waals surface area (Å²) in [5.74, 6) is -0.000799. The zero-order chi connectivity index (χ0) is 20.9. The van der Waals surface area contributed by atoms with E-state index in [-0.39, 0.29) is 11.8 Å². The minimum Gasteiger partial charge on any atom is -0.379 e. The van der Waals surface area contributed by atoms with Crippen LogP contribution in [-0.2, 0) is 19.6 Å². The van der Waals surface area contributed by atoms with Gasteiger partial charge in [-0.05, 0) is 43.7 Å². The van der Waals surface area contributed by atoms with Gasteiger partial charge in [0.15, 0.2) is 0 Å². The molecule has 0 aliphatic carbocycles. The highest BCUT2D eigenvalue weighted by atomic mass is 32.2. The number of hydrogen-bond acceptors (Lipinski definition) is 5. The lowest BCUT2D eigenvalue weighted by molar-refractivity contribution is -0.143. The minimum atomic E-state index is -3.55. The molecule has 1 aromatic rings. The van der Waals surface area contributed by atoms with Crippen LogP contribution >= 0.6 is 0 Å². The molecule has 29 heavy (non-hydrogen) atoms. The van der Waals surface area contributed by atoms with Crippen molar-refractivity contribution in [1.82, 2.24) is 14.7 Å². The van der Waals surface area contributed by atoms with Crippen molar-refractivity contribution in [2.24, 2.45) is 11.3 Å². The van der Waals surface area contributed by atoms with Gasteiger partial charge in [-0.1, -0.05) is 32.0 Å². The number of hydrogen-bond donors (Lipinski definition) is 1. The first-order valence-corrected chi connectivity index (χ1v) is 12.1. The van der Waals surface area contributed by atoms with Gasteiger partial charge in [-0.3, -0.25) is 10.2 Å². The van der Waals surface area contributed by atoms with Gasteiger partial charge in [-0.25, -0.2) is 13.4 Å². The van der Waals surface area contributed by atoms with Crippen molar-refractivity contribution < 1.29 is 17.9 Å². The fraction of sp³-hybridized carbons (Fsp3) is 0.667. The van der Waals surface area contributed by atoms with Crippen LogP contribution in [0.1, 0.15) is 39.5 Å². The van der Waals surface area contributed by atoms with Gasteiger partial charge in [-0.2, -0.15) is 4.31 Å². The third-order valence-corrected chi connectivity index (χ3v) is 8.41. The second-order valence-corrected chi connectivity index (χ2v) is 9.86. The Morgan fingerprint density at radius 1 is 1.14 bits per heavy atom. The largest absolute Gasteiger partial charge is 0.379 e. The third-order valence-electron chi connectivity index (χ3n) is 6.53. The number of benzene rings is 1. The summed E-state index contributed by atoms with van der Waals surface area (Å²) in [6.45, 7) is 7.52. The average molecular weight is 424 g/mol. The summed E-state index contributed by atoms with van der Waals surface area (Å²) in [4.78, 5) is 13.7. The smallest absolute Gasteiger partial charge is 0.243 e. The Hall–Kier alpha value is -1.48. The first-order valence-electron chi connectivity index (χ1n) is 10.6. The predicted molar refractivity (Wildman–Crippen MR) is 111 cm³/mol. The van der Waals surface area contributed by atoms with Crippen LogP contribution in [-0.4, -0.2) is 63.0 Å². The molecule has 2 heterocycles. The van der Waals surface area contributed by atoms with Crippen molar-refractivity contribution in [2.45, 2.75) is 44.4 Å². The Kier molecular flexibility index (Phi) is 7.32. The number of ether oxygens (including phenoxy) is 1. The molecule has 162 valence electrons. The zero-order valence-corrected chi connectivity index (χ0v) is 18.3. The molecular formula is C21H33N3O4S. The lowest BCUT2D eigenvalue weighted by Gasteiger charge is -2.44. The molecule has 1 unspecified atom stereocenters. The summed E-state index contributed by atoms with van der Waals surface area (Å²) in [6, 6.07) is 8.57. The van der Waals surface area contributed by atoms with E-state index >= 15 is 0 Å². The van der Waals surface area contributed by atoms with E-state index in [2.05, 4.69) is 5.43 Å². The van der Waals surface area contributed by atoms with Gasteiger partial charge in [0, 0.05) is 26.2 Å². The lowest BCUT2D eigenvalue weighted by atomic mass is 9.68. The molecule has 2 fully saturated rings. The van der Waals surface area contributed by atoms with Gasteiger partial charge in [0.25, 0.3) is 0 Å². The van der Waals surface area contributed by atoms with E-state index in [9.17, 15) is 13.2 Å². The predicted octanol–water partition coefficient (Wildman–Crippen LogP) is 2.26. The van der Waals surface area contributed by atoms with E-state index < -0.39 is 15.4 Å². The van der Waals surface area contributed by atoms with E-state index in [1.54, 1.807) is 28.6 Å². The highest BCUT2D eigenvalue weighted by Crippen LogP contribution is 2.41. The second kappa shape index (κ2) is 9.55. The number of morpholine rings is 1. The van der Waals surface area contributed by atoms with E-state index in [0.29, 0.717) is 57.1 Å². The Bertz CT molecular complexity index is 774. The maximum Gasteiger partial charge on any atom is 0.243 e. The van der Waals surface area contributed by atoms with Crippen molar-refractivity contribution in [1.29, 1.82) is 0 Å². The van der Waals surface area contributed by atoms with Crippen LogP contribution in [0.3, 0.4) is 0 Å². The molecule has 1 atom stereocenters. The average Bonchev–Trinajstić information content (AvgIpc) is 2.76. The summed E-state index contributed by atoms with van der Waals surface area (Å²) < 4.78 is 33.2. The quantitative estimate of drug-likeness (QED) is 0.728. The van der Waals surface area contributed by atoms with Gasteiger partial charge in [0.05, 0.1) is 23.5 Å². The number of piperidine rings is 1. The van der Waals surface area contributed by atoms with Gasteiger partial charge >= 0.3 is 0 Å². The topological polar surface area (TPSA) is 79.0 Å². The Morgan fingerprint density at radius 3 is 2.41 bits per heavy atom. The number of sulfonamides is 1. The standard InChI is InChI=1S/C21H33N3O4S/c1-3-21(4-2,20(25)22-23-13-15-28-16-14-23)18-9-8-12-24(17-18)29(26,27)19-10-6-5-7-11-19/h5-7,10-11,18H,3-4,8-9,12-17H2,1-2H3,(H,22,25). The summed E-state index contributed by atoms with van der Waals surface area (Å²) in [5.41, 5.74) is 2.51. The molecule has 2 aliphatic heterocycles. The molecule has 0 bridgehead atoms. The molecule has 0 saturated carbocycles. The summed E-state index contributed by atoms with van der Waals surface area (Å²) in [7, 11) is -3.55. The molecule has 1 aromatic carbocycles. The molecule has 7 nitrogen and oxygen atoms in total. The number of carbonyl (C=O) groups is 1. The van der Waals surface area contributed by atoms with Crippen LogP contribution in [0.15, 0.2) is 35.2 Å². The van der Waals surface area contributed by atoms with Crippen molar-refractivity contribution in [2.75, 3.05) is 39.4 Å². The number of hydrazine groups is 1. The molecule has 2 saturated heterocycles. The van der Waals surface area contributed by atoms with E-state index in [4.69, 9.17) is 4.74 Å². The van der Waals surface area contributed by atoms with Crippen LogP contribution in [0.4, 0.5) is 0 Å². The fourth-order valence-corrected chi connectivity index (χ4v) is 6.16. The van der Waals surface area contributed by atoms with Crippen molar-refractivity contribution in [3.05, 3.63) is 30.3 Å². The molecule has 0 aromatic heterocycles. The third kappa shape index (κ3) is 4.66. The Morgan fingerprint density at radius 2 is 1.79 bits per heavy atom. The van der Waals surface area contributed by atoms with Gasteiger partial charge in [0.2, 0.25) is 15.9 Å². The van der Waals surface area contributed by atoms with Gasteiger partial charge in [-0.15, -0.1) is 0 Å². The van der Waals surface area contributed by atoms with Crippen molar-refractivity contribution in [3.63, 3.8) is 0 Å². The van der Waals surface area contributed by atoms with E-state index in [0.717, 1.165) is 12.8 Å². The molecule has 1 amide bonds. The van der Waals surface area contributed by atoms with Crippen LogP contribution in [0.25, 0.3) is 0 Å². The van der Waals surface area contributed by atoms with E-state index in [1.165, 1.54) is 0 Å².